The first kappa shape index (κ1) is 10.8. The van der Waals surface area contributed by atoms with E-state index in [0.29, 0.717) is 11.8 Å². The van der Waals surface area contributed by atoms with E-state index in [1.807, 2.05) is 13.8 Å². The zero-order valence-electron chi connectivity index (χ0n) is 8.57. The second-order valence-electron chi connectivity index (χ2n) is 3.74. The Morgan fingerprint density at radius 3 is 2.07 bits per heavy atom. The van der Waals surface area contributed by atoms with Crippen molar-refractivity contribution >= 4 is 11.9 Å². The maximum Gasteiger partial charge on any atom is 0.352 e. The predicted octanol–water partition coefficient (Wildman–Crippen LogP) is 0.993. The summed E-state index contributed by atoms with van der Waals surface area (Å²) >= 11 is 0. The second kappa shape index (κ2) is 3.82. The molecule has 1 fully saturated rings. The molecule has 1 saturated carbocycles. The van der Waals surface area contributed by atoms with Crippen LogP contribution >= 0.6 is 0 Å². The third-order valence-electron chi connectivity index (χ3n) is 2.90. The van der Waals surface area contributed by atoms with E-state index in [9.17, 15) is 9.59 Å². The Bertz CT molecular complexity index is 288. The first-order chi connectivity index (χ1) is 6.49. The normalized spacial score (nSPS) is 31.1. The number of aliphatic carboxylic acids is 1. The molecule has 0 aliphatic heterocycles. The fourth-order valence-electron chi connectivity index (χ4n) is 1.61. The van der Waals surface area contributed by atoms with E-state index in [1.54, 1.807) is 6.92 Å². The minimum Gasteiger partial charge on any atom is -0.477 e. The second-order valence-corrected chi connectivity index (χ2v) is 3.74. The molecule has 0 aromatic carbocycles. The summed E-state index contributed by atoms with van der Waals surface area (Å²) in [6, 6.07) is 0. The zero-order valence-corrected chi connectivity index (χ0v) is 8.57. The molecule has 0 heterocycles. The Kier molecular flexibility index (Phi) is 2.93. The molecule has 0 aromatic heterocycles. The Balaban J connectivity index is 2.53. The number of rotatable bonds is 3. The quantitative estimate of drug-likeness (QED) is 0.663. The SMILES string of the molecule is C/C=C(\NC(=O)C1[C@@H](C)[C@H]1C)C(=O)O. The molecule has 1 amide bonds. The lowest BCUT2D eigenvalue weighted by molar-refractivity contribution is -0.135. The van der Waals surface area contributed by atoms with Gasteiger partial charge in [-0.3, -0.25) is 4.79 Å². The lowest BCUT2D eigenvalue weighted by Crippen LogP contribution is -2.29. The average Bonchev–Trinajstić information content (AvgIpc) is 2.70. The van der Waals surface area contributed by atoms with Crippen LogP contribution in [0.15, 0.2) is 11.8 Å². The van der Waals surface area contributed by atoms with Gasteiger partial charge in [0.2, 0.25) is 5.91 Å². The molecule has 0 bridgehead atoms. The van der Waals surface area contributed by atoms with Gasteiger partial charge in [-0.2, -0.15) is 0 Å². The van der Waals surface area contributed by atoms with Crippen LogP contribution in [-0.4, -0.2) is 17.0 Å². The van der Waals surface area contributed by atoms with Crippen molar-refractivity contribution in [2.75, 3.05) is 0 Å². The van der Waals surface area contributed by atoms with Crippen molar-refractivity contribution in [3.63, 3.8) is 0 Å². The number of carbonyl (C=O) groups is 2. The number of carboxylic acid groups (broad SMARTS) is 1. The molecule has 0 radical (unpaired) electrons. The highest BCUT2D eigenvalue weighted by atomic mass is 16.4. The summed E-state index contributed by atoms with van der Waals surface area (Å²) in [5.74, 6) is -0.574. The van der Waals surface area contributed by atoms with Crippen molar-refractivity contribution in [1.29, 1.82) is 0 Å². The number of amides is 1. The molecule has 14 heavy (non-hydrogen) atoms. The molecule has 1 aliphatic rings. The molecule has 1 rings (SSSR count). The van der Waals surface area contributed by atoms with Gasteiger partial charge in [-0.25, -0.2) is 4.79 Å². The molecule has 0 aromatic rings. The maximum atomic E-state index is 11.5. The van der Waals surface area contributed by atoms with Crippen LogP contribution in [0.1, 0.15) is 20.8 Å². The number of hydrogen-bond donors (Lipinski definition) is 2. The molecular formula is C10H15NO3. The Labute approximate surface area is 83.0 Å². The molecule has 78 valence electrons. The Morgan fingerprint density at radius 2 is 1.79 bits per heavy atom. The summed E-state index contributed by atoms with van der Waals surface area (Å²) in [4.78, 5) is 22.1. The number of hydrogen-bond acceptors (Lipinski definition) is 2. The molecule has 2 N–H and O–H groups in total. The van der Waals surface area contributed by atoms with E-state index in [1.165, 1.54) is 6.08 Å². The molecule has 0 spiro atoms. The van der Waals surface area contributed by atoms with Gasteiger partial charge in [-0.05, 0) is 18.8 Å². The number of allylic oxidation sites excluding steroid dienone is 1. The minimum absolute atomic E-state index is 0.0238. The highest BCUT2D eigenvalue weighted by Gasteiger charge is 2.48. The Hall–Kier alpha value is -1.32. The van der Waals surface area contributed by atoms with Crippen molar-refractivity contribution in [1.82, 2.24) is 5.32 Å². The van der Waals surface area contributed by atoms with Gasteiger partial charge in [-0.15, -0.1) is 0 Å². The van der Waals surface area contributed by atoms with E-state index < -0.39 is 5.97 Å². The van der Waals surface area contributed by atoms with E-state index in [4.69, 9.17) is 5.11 Å². The predicted molar refractivity (Wildman–Crippen MR) is 51.4 cm³/mol. The fourth-order valence-corrected chi connectivity index (χ4v) is 1.61. The van der Waals surface area contributed by atoms with Gasteiger partial charge in [0.15, 0.2) is 0 Å². The van der Waals surface area contributed by atoms with Crippen LogP contribution in [0.3, 0.4) is 0 Å². The summed E-state index contributed by atoms with van der Waals surface area (Å²) in [5, 5.41) is 11.1. The van der Waals surface area contributed by atoms with Gasteiger partial charge in [-0.1, -0.05) is 19.9 Å². The first-order valence-electron chi connectivity index (χ1n) is 4.69. The molecular weight excluding hydrogens is 182 g/mol. The summed E-state index contributed by atoms with van der Waals surface area (Å²) in [6.07, 6.45) is 1.39. The topological polar surface area (TPSA) is 66.4 Å². The van der Waals surface area contributed by atoms with Crippen LogP contribution in [0.4, 0.5) is 0 Å². The van der Waals surface area contributed by atoms with Gasteiger partial charge in [0.1, 0.15) is 5.70 Å². The molecule has 3 atom stereocenters. The summed E-state index contributed by atoms with van der Waals surface area (Å²) < 4.78 is 0. The van der Waals surface area contributed by atoms with Crippen LogP contribution in [0.25, 0.3) is 0 Å². The molecule has 1 aliphatic carbocycles. The lowest BCUT2D eigenvalue weighted by Gasteiger charge is -2.03. The van der Waals surface area contributed by atoms with Gasteiger partial charge in [0, 0.05) is 5.92 Å². The van der Waals surface area contributed by atoms with Crippen molar-refractivity contribution in [3.8, 4) is 0 Å². The lowest BCUT2D eigenvalue weighted by atomic mass is 10.3. The maximum absolute atomic E-state index is 11.5. The van der Waals surface area contributed by atoms with Gasteiger partial charge in [0.05, 0.1) is 0 Å². The van der Waals surface area contributed by atoms with Crippen LogP contribution < -0.4 is 5.32 Å². The van der Waals surface area contributed by atoms with E-state index in [0.717, 1.165) is 0 Å². The van der Waals surface area contributed by atoms with Crippen molar-refractivity contribution in [2.45, 2.75) is 20.8 Å². The minimum atomic E-state index is -1.10. The van der Waals surface area contributed by atoms with E-state index in [2.05, 4.69) is 5.32 Å². The third-order valence-corrected chi connectivity index (χ3v) is 2.90. The van der Waals surface area contributed by atoms with Gasteiger partial charge >= 0.3 is 5.97 Å². The largest absolute Gasteiger partial charge is 0.477 e. The van der Waals surface area contributed by atoms with Crippen LogP contribution in [-0.2, 0) is 9.59 Å². The van der Waals surface area contributed by atoms with Crippen LogP contribution in [0.2, 0.25) is 0 Å². The number of nitrogens with one attached hydrogen (secondary N) is 1. The summed E-state index contributed by atoms with van der Waals surface area (Å²) in [7, 11) is 0. The molecule has 0 saturated heterocycles. The number of carboxylic acids is 1. The molecule has 4 nitrogen and oxygen atoms in total. The van der Waals surface area contributed by atoms with Crippen molar-refractivity contribution in [3.05, 3.63) is 11.8 Å². The first-order valence-corrected chi connectivity index (χ1v) is 4.69. The molecule has 1 unspecified atom stereocenters. The van der Waals surface area contributed by atoms with E-state index >= 15 is 0 Å². The monoisotopic (exact) mass is 197 g/mol. The highest BCUT2D eigenvalue weighted by Crippen LogP contribution is 2.45. The average molecular weight is 197 g/mol. The van der Waals surface area contributed by atoms with Gasteiger partial charge < -0.3 is 10.4 Å². The number of carbonyl (C=O) groups excluding carboxylic acids is 1. The highest BCUT2D eigenvalue weighted by molar-refractivity contribution is 5.94. The molecule has 4 heteroatoms. The standard InChI is InChI=1S/C10H15NO3/c1-4-7(10(13)14)11-9(12)8-5(2)6(8)3/h4-6,8H,1-3H3,(H,11,12)(H,13,14)/b7-4-/t5-,6+,8?. The van der Waals surface area contributed by atoms with Crippen LogP contribution in [0.5, 0.6) is 0 Å². The smallest absolute Gasteiger partial charge is 0.352 e. The summed E-state index contributed by atoms with van der Waals surface area (Å²) in [5.41, 5.74) is -0.0405. The fraction of sp³-hybridized carbons (Fsp3) is 0.600. The van der Waals surface area contributed by atoms with Crippen molar-refractivity contribution in [2.24, 2.45) is 17.8 Å². The van der Waals surface area contributed by atoms with Crippen molar-refractivity contribution < 1.29 is 14.7 Å². The van der Waals surface area contributed by atoms with Gasteiger partial charge in [0.25, 0.3) is 0 Å². The third kappa shape index (κ3) is 1.95. The van der Waals surface area contributed by atoms with E-state index in [-0.39, 0.29) is 17.5 Å². The summed E-state index contributed by atoms with van der Waals surface area (Å²) in [6.45, 7) is 5.57. The van der Waals surface area contributed by atoms with Crippen LogP contribution in [0, 0.1) is 17.8 Å². The Morgan fingerprint density at radius 1 is 1.29 bits per heavy atom. The zero-order chi connectivity index (χ0) is 10.9.